The molecular formula is C24H16F4N4O4S. The Hall–Kier alpha value is -4.39. The summed E-state index contributed by atoms with van der Waals surface area (Å²) in [5.41, 5.74) is 3.48. The normalized spacial score (nSPS) is 11.8. The van der Waals surface area contributed by atoms with Crippen molar-refractivity contribution in [2.45, 2.75) is 11.1 Å². The number of alkyl halides is 3. The largest absolute Gasteiger partial charge is 0.490 e. The van der Waals surface area contributed by atoms with Crippen molar-refractivity contribution in [3.05, 3.63) is 73.1 Å². The molecule has 0 atom stereocenters. The van der Waals surface area contributed by atoms with Crippen molar-refractivity contribution in [2.75, 3.05) is 6.26 Å². The monoisotopic (exact) mass is 532 g/mol. The summed E-state index contributed by atoms with van der Waals surface area (Å²) in [6.07, 6.45) is 2.24. The second-order valence-electron chi connectivity index (χ2n) is 7.79. The number of sulfone groups is 1. The van der Waals surface area contributed by atoms with Crippen molar-refractivity contribution >= 4 is 37.7 Å². The molecule has 0 aliphatic carbocycles. The van der Waals surface area contributed by atoms with Gasteiger partial charge < -0.3 is 10.1 Å². The number of rotatable bonds is 3. The molecule has 0 aliphatic heterocycles. The lowest BCUT2D eigenvalue weighted by atomic mass is 10.0. The maximum atomic E-state index is 15.0. The fourth-order valence-corrected chi connectivity index (χ4v) is 4.24. The predicted octanol–water partition coefficient (Wildman–Crippen LogP) is 5.02. The SMILES string of the molecule is CS(=O)(=O)c1cccc(-c2c(F)cnc3[nH]c4cnc(-c5cccnc5)cc4c23)c1.O=C(O)C(F)(F)F. The van der Waals surface area contributed by atoms with Crippen molar-refractivity contribution in [2.24, 2.45) is 0 Å². The first kappa shape index (κ1) is 25.7. The van der Waals surface area contributed by atoms with Gasteiger partial charge in [0, 0.05) is 40.5 Å². The molecule has 0 fully saturated rings. The van der Waals surface area contributed by atoms with Gasteiger partial charge in [-0.15, -0.1) is 0 Å². The topological polar surface area (TPSA) is 126 Å². The number of fused-ring (bicyclic) bond motifs is 3. The van der Waals surface area contributed by atoms with Gasteiger partial charge in [0.15, 0.2) is 9.84 Å². The van der Waals surface area contributed by atoms with Crippen LogP contribution in [0.3, 0.4) is 0 Å². The Balaban J connectivity index is 0.000000405. The van der Waals surface area contributed by atoms with E-state index in [1.165, 1.54) is 12.1 Å². The summed E-state index contributed by atoms with van der Waals surface area (Å²) in [5.74, 6) is -3.29. The summed E-state index contributed by atoms with van der Waals surface area (Å²) in [7, 11) is -3.43. The number of hydrogen-bond acceptors (Lipinski definition) is 6. The average molecular weight is 532 g/mol. The number of halogens is 4. The zero-order chi connectivity index (χ0) is 27.0. The van der Waals surface area contributed by atoms with Crippen LogP contribution >= 0.6 is 0 Å². The van der Waals surface area contributed by atoms with Crippen molar-refractivity contribution < 1.29 is 35.9 Å². The molecule has 0 saturated heterocycles. The number of aliphatic carboxylic acids is 1. The van der Waals surface area contributed by atoms with Gasteiger partial charge in [-0.05, 0) is 35.9 Å². The molecule has 190 valence electrons. The molecule has 8 nitrogen and oxygen atoms in total. The van der Waals surface area contributed by atoms with Crippen molar-refractivity contribution in [3.8, 4) is 22.4 Å². The smallest absolute Gasteiger partial charge is 0.475 e. The van der Waals surface area contributed by atoms with E-state index in [2.05, 4.69) is 19.9 Å². The highest BCUT2D eigenvalue weighted by atomic mass is 32.2. The minimum atomic E-state index is -5.08. The van der Waals surface area contributed by atoms with E-state index in [4.69, 9.17) is 9.90 Å². The van der Waals surface area contributed by atoms with E-state index in [0.717, 1.165) is 23.4 Å². The van der Waals surface area contributed by atoms with Gasteiger partial charge in [-0.25, -0.2) is 22.6 Å². The quantitative estimate of drug-likeness (QED) is 0.313. The molecule has 0 bridgehead atoms. The van der Waals surface area contributed by atoms with Gasteiger partial charge in [-0.2, -0.15) is 13.2 Å². The van der Waals surface area contributed by atoms with Gasteiger partial charge in [0.1, 0.15) is 11.5 Å². The first-order valence-corrected chi connectivity index (χ1v) is 12.2. The molecule has 0 aliphatic rings. The van der Waals surface area contributed by atoms with Crippen LogP contribution in [0.1, 0.15) is 0 Å². The van der Waals surface area contributed by atoms with Crippen molar-refractivity contribution in [1.82, 2.24) is 19.9 Å². The molecule has 0 saturated carbocycles. The van der Waals surface area contributed by atoms with E-state index in [1.54, 1.807) is 30.7 Å². The second-order valence-corrected chi connectivity index (χ2v) is 9.81. The number of carbonyl (C=O) groups is 1. The van der Waals surface area contributed by atoms with Crippen LogP contribution in [0.5, 0.6) is 0 Å². The first-order chi connectivity index (χ1) is 17.4. The average Bonchev–Trinajstić information content (AvgIpc) is 3.22. The number of H-pyrrole nitrogens is 1. The van der Waals surface area contributed by atoms with Crippen LogP contribution in [-0.2, 0) is 14.6 Å². The highest BCUT2D eigenvalue weighted by Gasteiger charge is 2.38. The number of nitrogens with one attached hydrogen (secondary N) is 1. The van der Waals surface area contributed by atoms with Crippen molar-refractivity contribution in [1.29, 1.82) is 0 Å². The highest BCUT2D eigenvalue weighted by Crippen LogP contribution is 2.37. The molecule has 0 amide bonds. The van der Waals surface area contributed by atoms with Crippen LogP contribution < -0.4 is 0 Å². The fourth-order valence-electron chi connectivity index (χ4n) is 3.57. The third kappa shape index (κ3) is 5.40. The third-order valence-electron chi connectivity index (χ3n) is 5.21. The summed E-state index contributed by atoms with van der Waals surface area (Å²) in [6.45, 7) is 0. The zero-order valence-corrected chi connectivity index (χ0v) is 19.6. The Kier molecular flexibility index (Phi) is 6.65. The molecule has 4 heterocycles. The van der Waals surface area contributed by atoms with Crippen LogP contribution in [0.15, 0.2) is 72.1 Å². The summed E-state index contributed by atoms with van der Waals surface area (Å²) in [6, 6.07) is 11.8. The molecule has 37 heavy (non-hydrogen) atoms. The number of aromatic nitrogens is 4. The number of nitrogens with zero attached hydrogens (tertiary/aromatic N) is 3. The maximum Gasteiger partial charge on any atom is 0.490 e. The van der Waals surface area contributed by atoms with Gasteiger partial charge in [-0.3, -0.25) is 9.97 Å². The Morgan fingerprint density at radius 3 is 2.32 bits per heavy atom. The van der Waals surface area contributed by atoms with Gasteiger partial charge in [0.2, 0.25) is 0 Å². The highest BCUT2D eigenvalue weighted by molar-refractivity contribution is 7.90. The lowest BCUT2D eigenvalue weighted by molar-refractivity contribution is -0.192. The summed E-state index contributed by atoms with van der Waals surface area (Å²) >= 11 is 0. The van der Waals surface area contributed by atoms with E-state index in [-0.39, 0.29) is 4.90 Å². The molecule has 1 aromatic carbocycles. The van der Waals surface area contributed by atoms with Gasteiger partial charge in [0.05, 0.1) is 28.5 Å². The first-order valence-electron chi connectivity index (χ1n) is 10.3. The molecule has 0 spiro atoms. The minimum absolute atomic E-state index is 0.127. The summed E-state index contributed by atoms with van der Waals surface area (Å²) < 4.78 is 70.8. The number of benzene rings is 1. The Morgan fingerprint density at radius 1 is 1.00 bits per heavy atom. The molecule has 13 heteroatoms. The Morgan fingerprint density at radius 2 is 1.70 bits per heavy atom. The third-order valence-corrected chi connectivity index (χ3v) is 6.32. The van der Waals surface area contributed by atoms with Crippen LogP contribution in [0.2, 0.25) is 0 Å². The molecule has 5 rings (SSSR count). The number of pyridine rings is 3. The Labute approximate surface area is 206 Å². The molecule has 0 unspecified atom stereocenters. The van der Waals surface area contributed by atoms with Gasteiger partial charge >= 0.3 is 12.1 Å². The van der Waals surface area contributed by atoms with E-state index in [0.29, 0.717) is 33.4 Å². The lowest BCUT2D eigenvalue weighted by Crippen LogP contribution is -2.21. The van der Waals surface area contributed by atoms with Crippen LogP contribution in [0, 0.1) is 5.82 Å². The van der Waals surface area contributed by atoms with E-state index in [9.17, 15) is 21.6 Å². The molecule has 5 aromatic rings. The van der Waals surface area contributed by atoms with Crippen LogP contribution in [0.25, 0.3) is 44.3 Å². The number of aromatic amines is 1. The van der Waals surface area contributed by atoms with E-state index < -0.39 is 27.8 Å². The zero-order valence-electron chi connectivity index (χ0n) is 18.8. The lowest BCUT2D eigenvalue weighted by Gasteiger charge is -2.08. The van der Waals surface area contributed by atoms with Crippen molar-refractivity contribution in [3.63, 3.8) is 0 Å². The minimum Gasteiger partial charge on any atom is -0.475 e. The van der Waals surface area contributed by atoms with Crippen LogP contribution in [-0.4, -0.2) is 51.9 Å². The van der Waals surface area contributed by atoms with Gasteiger partial charge in [0.25, 0.3) is 0 Å². The molecule has 0 radical (unpaired) electrons. The Bertz CT molecular complexity index is 1740. The number of carboxylic acids is 1. The number of hydrogen-bond donors (Lipinski definition) is 2. The predicted molar refractivity (Wildman–Crippen MR) is 127 cm³/mol. The molecular weight excluding hydrogens is 516 g/mol. The van der Waals surface area contributed by atoms with Crippen LogP contribution in [0.4, 0.5) is 17.6 Å². The fraction of sp³-hybridized carbons (Fsp3) is 0.0833. The van der Waals surface area contributed by atoms with E-state index in [1.807, 2.05) is 18.2 Å². The standard InChI is InChI=1S/C22H15FN4O2S.C2HF3O2/c1-30(28,29)15-6-2-4-13(8-15)20-17(23)11-26-22-21(20)16-9-18(25-12-19(16)27-22)14-5-3-7-24-10-14;3-2(4,5)1(6)7/h2-12H,1H3,(H,26,27);(H,6,7). The maximum absolute atomic E-state index is 15.0. The molecule has 4 aromatic heterocycles. The molecule has 2 N–H and O–H groups in total. The summed E-state index contributed by atoms with van der Waals surface area (Å²) in [5, 5.41) is 8.44. The van der Waals surface area contributed by atoms with Gasteiger partial charge in [-0.1, -0.05) is 12.1 Å². The van der Waals surface area contributed by atoms with E-state index >= 15 is 4.39 Å². The second kappa shape index (κ2) is 9.58. The summed E-state index contributed by atoms with van der Waals surface area (Å²) in [4.78, 5) is 25.0. The number of carboxylic acid groups (broad SMARTS) is 1.